The van der Waals surface area contributed by atoms with Crippen LogP contribution < -0.4 is 120 Å². The third kappa shape index (κ3) is 101. The van der Waals surface area contributed by atoms with Crippen LogP contribution >= 0.6 is 0 Å². The molecule has 4 atom stereocenters. The topological polar surface area (TPSA) is 579 Å². The van der Waals surface area contributed by atoms with E-state index in [0.29, 0.717) is 19.6 Å². The van der Waals surface area contributed by atoms with Gasteiger partial charge in [0.05, 0.1) is 0 Å². The van der Waals surface area contributed by atoms with E-state index in [9.17, 15) is 0 Å². The van der Waals surface area contributed by atoms with Gasteiger partial charge < -0.3 is 160 Å². The average Bonchev–Trinajstić information content (AvgIpc) is 0.900. The summed E-state index contributed by atoms with van der Waals surface area (Å²) in [5.41, 5.74) is 115. The fraction of sp³-hybridized carbons (Fsp3) is 1.00. The lowest BCUT2D eigenvalue weighted by molar-refractivity contribution is 0.131. The van der Waals surface area contributed by atoms with Crippen molar-refractivity contribution in [3.8, 4) is 0 Å². The summed E-state index contributed by atoms with van der Waals surface area (Å²) in [4.78, 5) is 24.1. The van der Waals surface area contributed by atoms with Gasteiger partial charge in [-0.1, -0.05) is 66.2 Å². The summed E-state index contributed by atoms with van der Waals surface area (Å²) in [5, 5.41) is 0. The van der Waals surface area contributed by atoms with Gasteiger partial charge in [0.15, 0.2) is 0 Å². The molecule has 0 radical (unpaired) electrons. The quantitative estimate of drug-likeness (QED) is 0.0371. The highest BCUT2D eigenvalue weighted by molar-refractivity contribution is 4.78. The van der Waals surface area contributed by atoms with Crippen LogP contribution in [0.2, 0.25) is 0 Å². The van der Waals surface area contributed by atoms with E-state index in [0.717, 1.165) is 324 Å². The molecule has 2 fully saturated rings. The first kappa shape index (κ1) is 127. The Labute approximate surface area is 713 Å². The first-order valence-corrected chi connectivity index (χ1v) is 46.7. The van der Waals surface area contributed by atoms with Gasteiger partial charge >= 0.3 is 0 Å². The number of hydrogen-bond donors (Lipinski definition) is 21. The van der Waals surface area contributed by atoms with Crippen LogP contribution in [0.3, 0.4) is 0 Å². The molecule has 2 rings (SSSR count). The third-order valence-corrected chi connectivity index (χ3v) is 19.8. The van der Waals surface area contributed by atoms with Crippen molar-refractivity contribution < 1.29 is 0 Å². The summed E-state index contributed by atoms with van der Waals surface area (Å²) in [6.07, 6.45) is 30.0. The van der Waals surface area contributed by atoms with Crippen molar-refractivity contribution in [2.75, 3.05) is 308 Å². The first-order chi connectivity index (χ1) is 55.6. The minimum absolute atomic E-state index is 0.178. The zero-order chi connectivity index (χ0) is 87.9. The Bertz CT molecular complexity index is 1550. The number of rotatable bonds is 67. The molecule has 0 bridgehead atoms. The highest BCUT2D eigenvalue weighted by Crippen LogP contribution is 2.23. The molecule has 704 valence electrons. The number of piperazine rings is 1. The monoisotopic (exact) mass is 1660 g/mol. The molecule has 4 unspecified atom stereocenters. The van der Waals surface area contributed by atoms with Gasteiger partial charge in [-0.05, 0) is 365 Å². The van der Waals surface area contributed by atoms with E-state index in [2.05, 4.69) is 83.7 Å². The summed E-state index contributed by atoms with van der Waals surface area (Å²) in [6, 6.07) is 1.35. The van der Waals surface area contributed by atoms with E-state index >= 15 is 0 Å². The standard InChI is InChI=1S/C14H33N3.C12H27N3.C10H24N4.2C9H24N4.C9H23N3.C8H21N3.C7H19N3.C6H18N4/c1-3-5-8-14(4-2)13-17(11-6-9-15)12-7-10-16;13-8-4-10-15(11-5-9-14)12-6-2-1-3-7-12;11-3-1-5-13-7-9-14(10-8-13)6-2-4-12;1-7(10)4-13(5-8(2)11)6-9(3)12;10-4-1-7-13(8-2-5-11)9-3-6-12;1-2-7-12(8-3-5-10)9-4-6-11;1-2-11(7-3-5-9)8-4-6-10;1-10(6-2-4-8)7-3-5-9;7-1-4-10(5-2-8)6-3-9/h14H,3-13,15-16H2,1-2H3;12H,1-11,13-14H2;1-12H2;7-9H,4-6,10-12H2,1-3H3;1-12H2;2-11H2,1H3;2-10H2,1H3;2-9H2,1H3;1-9H2. The molecule has 1 saturated carbocycles. The van der Waals surface area contributed by atoms with Crippen LogP contribution in [0.15, 0.2) is 0 Å². The summed E-state index contributed by atoms with van der Waals surface area (Å²) < 4.78 is 0. The van der Waals surface area contributed by atoms with E-state index in [1.807, 2.05) is 20.8 Å². The van der Waals surface area contributed by atoms with Crippen LogP contribution in [-0.4, -0.2) is 381 Å². The maximum absolute atomic E-state index is 5.72. The number of hydrogen-bond acceptors (Lipinski definition) is 31. The molecule has 0 amide bonds. The minimum atomic E-state index is 0.178. The zero-order valence-electron chi connectivity index (χ0n) is 77.7. The molecular weight excluding hydrogens is 1440 g/mol. The van der Waals surface area contributed by atoms with Crippen LogP contribution in [0.4, 0.5) is 0 Å². The second kappa shape index (κ2) is 107. The minimum Gasteiger partial charge on any atom is -0.330 e. The summed E-state index contributed by atoms with van der Waals surface area (Å²) in [6.45, 7) is 59.3. The Hall–Kier alpha value is -1.24. The largest absolute Gasteiger partial charge is 0.330 e. The van der Waals surface area contributed by atoms with Crippen LogP contribution in [0.1, 0.15) is 209 Å². The summed E-state index contributed by atoms with van der Waals surface area (Å²) >= 11 is 0. The molecule has 0 aromatic heterocycles. The number of nitrogens with zero attached hydrogens (tertiary/aromatic N) is 10. The smallest absolute Gasteiger partial charge is 0.0139 e. The fourth-order valence-corrected chi connectivity index (χ4v) is 13.4. The van der Waals surface area contributed by atoms with Crippen molar-refractivity contribution in [3.63, 3.8) is 0 Å². The van der Waals surface area contributed by atoms with Crippen molar-refractivity contribution >= 4 is 0 Å². The molecule has 31 heteroatoms. The van der Waals surface area contributed by atoms with Crippen molar-refractivity contribution in [1.82, 2.24) is 49.0 Å². The van der Waals surface area contributed by atoms with Crippen LogP contribution in [0.5, 0.6) is 0 Å². The maximum atomic E-state index is 5.72. The van der Waals surface area contributed by atoms with E-state index in [4.69, 9.17) is 120 Å². The van der Waals surface area contributed by atoms with E-state index in [1.165, 1.54) is 130 Å². The van der Waals surface area contributed by atoms with Crippen molar-refractivity contribution in [3.05, 3.63) is 0 Å². The first-order valence-electron chi connectivity index (χ1n) is 46.7. The van der Waals surface area contributed by atoms with E-state index in [1.54, 1.807) is 0 Å². The molecule has 115 heavy (non-hydrogen) atoms. The maximum Gasteiger partial charge on any atom is 0.0139 e. The van der Waals surface area contributed by atoms with E-state index < -0.39 is 0 Å². The SMILES string of the molecule is CC(N)CN(CC(C)N)CC(C)N.CCCCC(CC)CN(CCCN)CCCN.CCCN(CCCN)CCCN.CCN(CCCN)CCCN.CN(CCCN)CCCN.NCCCN(CCCN)C1CCCCC1.NCCCN(CCCN)CCCN.NCCCN1CCN(CCCN)CC1.NCCN(CCN)CCN. The number of unbranched alkanes of at least 4 members (excludes halogenated alkanes) is 1. The molecular formula is C84H213N31. The lowest BCUT2D eigenvalue weighted by Gasteiger charge is -2.34. The van der Waals surface area contributed by atoms with Gasteiger partial charge in [0.1, 0.15) is 0 Å². The molecule has 1 heterocycles. The predicted molar refractivity (Wildman–Crippen MR) is 510 cm³/mol. The molecule has 31 nitrogen and oxygen atoms in total. The van der Waals surface area contributed by atoms with Crippen LogP contribution in [-0.2, 0) is 0 Å². The molecule has 2 aliphatic rings. The number of nitrogens with two attached hydrogens (primary N) is 21. The van der Waals surface area contributed by atoms with Gasteiger partial charge in [-0.15, -0.1) is 0 Å². The normalized spacial score (nSPS) is 14.3. The van der Waals surface area contributed by atoms with Gasteiger partial charge in [0, 0.05) is 116 Å². The van der Waals surface area contributed by atoms with Crippen LogP contribution in [0, 0.1) is 5.92 Å². The Morgan fingerprint density at radius 2 is 0.557 bits per heavy atom. The molecule has 1 aliphatic heterocycles. The average molecular weight is 1660 g/mol. The van der Waals surface area contributed by atoms with Gasteiger partial charge in [-0.3, -0.25) is 9.80 Å². The Balaban J connectivity index is -0.000000229. The molecule has 1 saturated heterocycles. The molecule has 0 aromatic carbocycles. The van der Waals surface area contributed by atoms with Crippen molar-refractivity contribution in [2.24, 2.45) is 126 Å². The van der Waals surface area contributed by atoms with Crippen LogP contribution in [0.25, 0.3) is 0 Å². The lowest BCUT2D eigenvalue weighted by Crippen LogP contribution is -2.47. The van der Waals surface area contributed by atoms with Gasteiger partial charge in [-0.25, -0.2) is 0 Å². The highest BCUT2D eigenvalue weighted by Gasteiger charge is 2.21. The second-order valence-corrected chi connectivity index (χ2v) is 31.6. The van der Waals surface area contributed by atoms with Gasteiger partial charge in [0.2, 0.25) is 0 Å². The Morgan fingerprint density at radius 3 is 0.826 bits per heavy atom. The molecule has 0 spiro atoms. The van der Waals surface area contributed by atoms with Gasteiger partial charge in [-0.2, -0.15) is 0 Å². The van der Waals surface area contributed by atoms with Crippen molar-refractivity contribution in [2.45, 2.75) is 233 Å². The highest BCUT2D eigenvalue weighted by atomic mass is 15.3. The third-order valence-electron chi connectivity index (χ3n) is 19.8. The zero-order valence-corrected chi connectivity index (χ0v) is 77.7. The second-order valence-electron chi connectivity index (χ2n) is 31.6. The summed E-state index contributed by atoms with van der Waals surface area (Å²) in [5.74, 6) is 0.852. The Morgan fingerprint density at radius 1 is 0.278 bits per heavy atom. The van der Waals surface area contributed by atoms with E-state index in [-0.39, 0.29) is 18.1 Å². The lowest BCUT2D eigenvalue weighted by atomic mass is 9.94. The predicted octanol–water partition coefficient (Wildman–Crippen LogP) is -0.330. The van der Waals surface area contributed by atoms with Gasteiger partial charge in [0.25, 0.3) is 0 Å². The fourth-order valence-electron chi connectivity index (χ4n) is 13.4. The molecule has 1 aliphatic carbocycles. The summed E-state index contributed by atoms with van der Waals surface area (Å²) in [7, 11) is 2.10. The molecule has 42 N–H and O–H groups in total. The Kier molecular flexibility index (Phi) is 118. The molecule has 0 aromatic rings. The van der Waals surface area contributed by atoms with Crippen molar-refractivity contribution in [1.29, 1.82) is 0 Å².